The molecule has 1 amide bonds. The molecule has 0 fully saturated rings. The van der Waals surface area contributed by atoms with Gasteiger partial charge in [0, 0.05) is 4.90 Å². The average molecular weight is 308 g/mol. The van der Waals surface area contributed by atoms with E-state index >= 15 is 0 Å². The summed E-state index contributed by atoms with van der Waals surface area (Å²) in [6.45, 7) is 1.09. The van der Waals surface area contributed by atoms with Gasteiger partial charge in [-0.05, 0) is 51.0 Å². The Hall–Kier alpha value is -1.73. The van der Waals surface area contributed by atoms with E-state index in [1.165, 1.54) is 12.0 Å². The predicted octanol–water partition coefficient (Wildman–Crippen LogP) is 2.39. The topological polar surface area (TPSA) is 59.4 Å². The first kappa shape index (κ1) is 15.7. The quantitative estimate of drug-likeness (QED) is 0.656. The molecule has 0 spiro atoms. The highest BCUT2D eigenvalue weighted by molar-refractivity contribution is 7.99. The Morgan fingerprint density at radius 2 is 2.29 bits per heavy atom. The van der Waals surface area contributed by atoms with Crippen molar-refractivity contribution in [3.05, 3.63) is 24.5 Å². The minimum absolute atomic E-state index is 0.517. The molecule has 6 nitrogen and oxygen atoms in total. The standard InChI is InChI=1S/C14H20N4O2S/c1-17(2)7-4-8-21-11-5-6-13-12(9-11)15-10-18(13)16-14(19)20-3/h5-6,9-10H,4,7-8H2,1-3H3,(H,16,19). The number of hydrogen-bond acceptors (Lipinski definition) is 5. The number of benzene rings is 1. The monoisotopic (exact) mass is 308 g/mol. The summed E-state index contributed by atoms with van der Waals surface area (Å²) in [5.41, 5.74) is 4.28. The second-order valence-electron chi connectivity index (χ2n) is 4.87. The van der Waals surface area contributed by atoms with Crippen LogP contribution in [0, 0.1) is 0 Å². The fraction of sp³-hybridized carbons (Fsp3) is 0.429. The molecule has 0 aliphatic heterocycles. The van der Waals surface area contributed by atoms with Crippen LogP contribution < -0.4 is 5.43 Å². The first-order valence-corrected chi connectivity index (χ1v) is 7.68. The lowest BCUT2D eigenvalue weighted by molar-refractivity contribution is 0.183. The van der Waals surface area contributed by atoms with Crippen LogP contribution >= 0.6 is 11.8 Å². The normalized spacial score (nSPS) is 11.0. The Kier molecular flexibility index (Phi) is 5.46. The number of methoxy groups -OCH3 is 1. The molecule has 0 saturated heterocycles. The van der Waals surface area contributed by atoms with Gasteiger partial charge in [-0.25, -0.2) is 19.9 Å². The third-order valence-corrected chi connectivity index (χ3v) is 4.01. The number of nitrogens with one attached hydrogen (secondary N) is 1. The molecule has 1 N–H and O–H groups in total. The van der Waals surface area contributed by atoms with Crippen molar-refractivity contribution in [2.75, 3.05) is 38.9 Å². The average Bonchev–Trinajstić information content (AvgIpc) is 2.85. The van der Waals surface area contributed by atoms with E-state index in [1.807, 2.05) is 30.0 Å². The van der Waals surface area contributed by atoms with E-state index in [9.17, 15) is 4.79 Å². The van der Waals surface area contributed by atoms with Gasteiger partial charge < -0.3 is 9.64 Å². The zero-order valence-electron chi connectivity index (χ0n) is 12.5. The molecule has 1 heterocycles. The van der Waals surface area contributed by atoms with E-state index in [2.05, 4.69) is 34.1 Å². The van der Waals surface area contributed by atoms with Crippen LogP contribution in [0.2, 0.25) is 0 Å². The molecule has 0 saturated carbocycles. The molecule has 0 radical (unpaired) electrons. The summed E-state index contributed by atoms with van der Waals surface area (Å²) in [6, 6.07) is 6.03. The highest BCUT2D eigenvalue weighted by Gasteiger charge is 2.07. The lowest BCUT2D eigenvalue weighted by atomic mass is 10.3. The Balaban J connectivity index is 2.00. The Morgan fingerprint density at radius 1 is 1.48 bits per heavy atom. The molecule has 0 aliphatic carbocycles. The van der Waals surface area contributed by atoms with E-state index in [-0.39, 0.29) is 0 Å². The number of aromatic nitrogens is 2. The van der Waals surface area contributed by atoms with Gasteiger partial charge in [0.2, 0.25) is 0 Å². The van der Waals surface area contributed by atoms with Crippen LogP contribution in [0.15, 0.2) is 29.4 Å². The molecule has 2 rings (SSSR count). The number of imidazole rings is 1. The second-order valence-corrected chi connectivity index (χ2v) is 6.04. The fourth-order valence-electron chi connectivity index (χ4n) is 1.89. The molecule has 2 aromatic rings. The van der Waals surface area contributed by atoms with Gasteiger partial charge >= 0.3 is 6.09 Å². The Morgan fingerprint density at radius 3 is 3.00 bits per heavy atom. The number of fused-ring (bicyclic) bond motifs is 1. The summed E-state index contributed by atoms with van der Waals surface area (Å²) in [5, 5.41) is 0. The number of carbonyl (C=O) groups excluding carboxylic acids is 1. The van der Waals surface area contributed by atoms with Crippen molar-refractivity contribution >= 4 is 28.9 Å². The second kappa shape index (κ2) is 7.33. The summed E-state index contributed by atoms with van der Waals surface area (Å²) in [6.07, 6.45) is 2.20. The zero-order valence-corrected chi connectivity index (χ0v) is 13.3. The summed E-state index contributed by atoms with van der Waals surface area (Å²) in [7, 11) is 5.49. The van der Waals surface area contributed by atoms with Crippen molar-refractivity contribution in [1.82, 2.24) is 14.6 Å². The molecule has 0 aliphatic rings. The minimum Gasteiger partial charge on any atom is -0.452 e. The molecule has 7 heteroatoms. The van der Waals surface area contributed by atoms with Crippen LogP contribution in [0.4, 0.5) is 4.79 Å². The molecule has 0 atom stereocenters. The van der Waals surface area contributed by atoms with Gasteiger partial charge in [-0.15, -0.1) is 11.8 Å². The van der Waals surface area contributed by atoms with Crippen molar-refractivity contribution in [2.24, 2.45) is 0 Å². The zero-order chi connectivity index (χ0) is 15.2. The van der Waals surface area contributed by atoms with Crippen molar-refractivity contribution in [3.8, 4) is 0 Å². The number of hydrogen-bond donors (Lipinski definition) is 1. The molecular formula is C14H20N4O2S. The smallest absolute Gasteiger partial charge is 0.426 e. The fourth-order valence-corrected chi connectivity index (χ4v) is 2.75. The van der Waals surface area contributed by atoms with E-state index in [1.54, 1.807) is 11.0 Å². The highest BCUT2D eigenvalue weighted by atomic mass is 32.2. The van der Waals surface area contributed by atoms with Gasteiger partial charge in [-0.1, -0.05) is 0 Å². The number of ether oxygens (including phenoxy) is 1. The van der Waals surface area contributed by atoms with Crippen LogP contribution in [-0.2, 0) is 4.74 Å². The van der Waals surface area contributed by atoms with Gasteiger partial charge in [0.1, 0.15) is 6.33 Å². The van der Waals surface area contributed by atoms with Crippen molar-refractivity contribution in [1.29, 1.82) is 0 Å². The third-order valence-electron chi connectivity index (χ3n) is 2.93. The maximum Gasteiger partial charge on any atom is 0.426 e. The molecule has 0 unspecified atom stereocenters. The maximum absolute atomic E-state index is 11.2. The van der Waals surface area contributed by atoms with Crippen molar-refractivity contribution < 1.29 is 9.53 Å². The Bertz CT molecular complexity index is 612. The third kappa shape index (κ3) is 4.37. The lowest BCUT2D eigenvalue weighted by Gasteiger charge is -2.08. The van der Waals surface area contributed by atoms with E-state index < -0.39 is 6.09 Å². The summed E-state index contributed by atoms with van der Waals surface area (Å²) in [4.78, 5) is 18.9. The number of nitrogens with zero attached hydrogens (tertiary/aromatic N) is 3. The van der Waals surface area contributed by atoms with E-state index in [0.717, 1.165) is 29.8 Å². The molecule has 1 aromatic heterocycles. The van der Waals surface area contributed by atoms with Gasteiger partial charge in [0.25, 0.3) is 0 Å². The van der Waals surface area contributed by atoms with Gasteiger partial charge in [-0.2, -0.15) is 0 Å². The summed E-state index contributed by atoms with van der Waals surface area (Å²) in [5.74, 6) is 1.07. The van der Waals surface area contributed by atoms with Crippen LogP contribution in [-0.4, -0.2) is 54.2 Å². The molecule has 114 valence electrons. The van der Waals surface area contributed by atoms with Crippen LogP contribution in [0.3, 0.4) is 0 Å². The molecule has 0 bridgehead atoms. The lowest BCUT2D eigenvalue weighted by Crippen LogP contribution is -2.21. The van der Waals surface area contributed by atoms with E-state index in [0.29, 0.717) is 0 Å². The summed E-state index contributed by atoms with van der Waals surface area (Å²) >= 11 is 1.82. The molecule has 21 heavy (non-hydrogen) atoms. The largest absolute Gasteiger partial charge is 0.452 e. The van der Waals surface area contributed by atoms with E-state index in [4.69, 9.17) is 0 Å². The Labute approximate surface area is 128 Å². The number of carbonyl (C=O) groups is 1. The maximum atomic E-state index is 11.2. The first-order chi connectivity index (χ1) is 10.1. The molecular weight excluding hydrogens is 288 g/mol. The number of rotatable bonds is 6. The van der Waals surface area contributed by atoms with Crippen molar-refractivity contribution in [3.63, 3.8) is 0 Å². The minimum atomic E-state index is -0.517. The van der Waals surface area contributed by atoms with Crippen LogP contribution in [0.25, 0.3) is 11.0 Å². The van der Waals surface area contributed by atoms with Gasteiger partial charge in [0.15, 0.2) is 0 Å². The number of thioether (sulfide) groups is 1. The highest BCUT2D eigenvalue weighted by Crippen LogP contribution is 2.23. The molecule has 1 aromatic carbocycles. The number of amides is 1. The first-order valence-electron chi connectivity index (χ1n) is 6.70. The SMILES string of the molecule is COC(=O)Nn1cnc2cc(SCCCN(C)C)ccc21. The van der Waals surface area contributed by atoms with Crippen LogP contribution in [0.1, 0.15) is 6.42 Å². The predicted molar refractivity (Wildman–Crippen MR) is 85.4 cm³/mol. The van der Waals surface area contributed by atoms with Crippen LogP contribution in [0.5, 0.6) is 0 Å². The van der Waals surface area contributed by atoms with Gasteiger partial charge in [0.05, 0.1) is 18.1 Å². The van der Waals surface area contributed by atoms with Gasteiger partial charge in [-0.3, -0.25) is 0 Å². The van der Waals surface area contributed by atoms with Crippen molar-refractivity contribution in [2.45, 2.75) is 11.3 Å². The summed E-state index contributed by atoms with van der Waals surface area (Å²) < 4.78 is 6.13.